The van der Waals surface area contributed by atoms with Crippen molar-refractivity contribution in [3.63, 3.8) is 0 Å². The predicted molar refractivity (Wildman–Crippen MR) is 127 cm³/mol. The van der Waals surface area contributed by atoms with Crippen molar-refractivity contribution in [1.29, 1.82) is 0 Å². The smallest absolute Gasteiger partial charge is 0.309 e. The highest BCUT2D eigenvalue weighted by molar-refractivity contribution is 5.71. The Labute approximate surface area is 202 Å². The normalized spacial score (nSPS) is 15.1. The van der Waals surface area contributed by atoms with Gasteiger partial charge in [0.05, 0.1) is 12.0 Å². The fourth-order valence-corrected chi connectivity index (χ4v) is 4.29. The lowest BCUT2D eigenvalue weighted by Gasteiger charge is -2.37. The zero-order valence-electron chi connectivity index (χ0n) is 19.3. The molecule has 1 fully saturated rings. The molecule has 5 rings (SSSR count). The first kappa shape index (κ1) is 22.9. The number of nitrogens with zero attached hydrogens (tertiary/aromatic N) is 4. The van der Waals surface area contributed by atoms with Gasteiger partial charge in [0.1, 0.15) is 0 Å². The molecule has 3 heterocycles. The van der Waals surface area contributed by atoms with Crippen LogP contribution < -0.4 is 0 Å². The Bertz CT molecular complexity index is 1290. The summed E-state index contributed by atoms with van der Waals surface area (Å²) in [5.74, 6) is 0.285. The molecule has 0 bridgehead atoms. The number of rotatable bonds is 9. The Morgan fingerprint density at radius 1 is 1.06 bits per heavy atom. The van der Waals surface area contributed by atoms with Gasteiger partial charge in [-0.25, -0.2) is 0 Å². The lowest BCUT2D eigenvalue weighted by molar-refractivity contribution is -0.148. The van der Waals surface area contributed by atoms with Gasteiger partial charge in [-0.3, -0.25) is 9.69 Å². The molecule has 0 aliphatic carbocycles. The highest BCUT2D eigenvalue weighted by Gasteiger charge is 2.33. The first-order valence-electron chi connectivity index (χ1n) is 11.6. The third-order valence-electron chi connectivity index (χ3n) is 6.24. The van der Waals surface area contributed by atoms with Gasteiger partial charge in [-0.15, -0.1) is 0 Å². The molecule has 0 saturated carbocycles. The summed E-state index contributed by atoms with van der Waals surface area (Å²) in [4.78, 5) is 17.4. The molecule has 1 aliphatic rings. The number of aliphatic hydroxyl groups excluding tert-OH is 1. The predicted octanol–water partition coefficient (Wildman–Crippen LogP) is 4.06. The Kier molecular flexibility index (Phi) is 6.43. The molecule has 180 valence electrons. The number of carboxylic acid groups (broad SMARTS) is 1. The summed E-state index contributed by atoms with van der Waals surface area (Å²) in [7, 11) is 0. The summed E-state index contributed by atoms with van der Waals surface area (Å²) in [6.45, 7) is 3.41. The van der Waals surface area contributed by atoms with Crippen LogP contribution in [0.4, 0.5) is 0 Å². The Balaban J connectivity index is 1.31. The van der Waals surface area contributed by atoms with E-state index in [4.69, 9.17) is 14.2 Å². The zero-order chi connectivity index (χ0) is 24.4. The van der Waals surface area contributed by atoms with Gasteiger partial charge in [0.15, 0.2) is 11.5 Å². The van der Waals surface area contributed by atoms with Gasteiger partial charge < -0.3 is 19.3 Å². The zero-order valence-corrected chi connectivity index (χ0v) is 19.3. The second-order valence-corrected chi connectivity index (χ2v) is 8.77. The number of carboxylic acids is 1. The molecule has 2 N–H and O–H groups in total. The van der Waals surface area contributed by atoms with Gasteiger partial charge >= 0.3 is 5.97 Å². The average Bonchev–Trinajstić information content (AvgIpc) is 3.49. The molecule has 4 aromatic rings. The molecule has 0 spiro atoms. The van der Waals surface area contributed by atoms with E-state index in [1.807, 2.05) is 59.5 Å². The SMILES string of the molecule is CCCc1c(-c2nc(-c3ccc(C(O)CN4CC(C(=O)O)C4)cc3)no2)noc1-c1ccccc1. The lowest BCUT2D eigenvalue weighted by atomic mass is 9.98. The van der Waals surface area contributed by atoms with Crippen LogP contribution in [0.5, 0.6) is 0 Å². The number of hydrogen-bond donors (Lipinski definition) is 2. The number of β-amino-alcohol motifs (C(OH)–C–C–N with tert-alkyl or cyclic N) is 1. The maximum Gasteiger partial charge on any atom is 0.309 e. The topological polar surface area (TPSA) is 126 Å². The van der Waals surface area contributed by atoms with Crippen molar-refractivity contribution in [3.05, 3.63) is 65.7 Å². The number of likely N-dealkylation sites (tertiary alicyclic amines) is 1. The van der Waals surface area contributed by atoms with E-state index < -0.39 is 12.1 Å². The van der Waals surface area contributed by atoms with E-state index in [1.165, 1.54) is 0 Å². The molecular formula is C26H26N4O5. The molecular weight excluding hydrogens is 448 g/mol. The van der Waals surface area contributed by atoms with Gasteiger partial charge in [-0.1, -0.05) is 78.3 Å². The molecule has 2 aromatic carbocycles. The number of aliphatic carboxylic acids is 1. The Morgan fingerprint density at radius 2 is 1.80 bits per heavy atom. The molecule has 1 saturated heterocycles. The van der Waals surface area contributed by atoms with Gasteiger partial charge in [0.25, 0.3) is 5.89 Å². The van der Waals surface area contributed by atoms with Crippen LogP contribution in [0.2, 0.25) is 0 Å². The molecule has 0 radical (unpaired) electrons. The average molecular weight is 475 g/mol. The van der Waals surface area contributed by atoms with E-state index >= 15 is 0 Å². The summed E-state index contributed by atoms with van der Waals surface area (Å²) < 4.78 is 11.2. The van der Waals surface area contributed by atoms with Gasteiger partial charge in [-0.05, 0) is 12.0 Å². The highest BCUT2D eigenvalue weighted by atomic mass is 16.5. The van der Waals surface area contributed by atoms with Crippen molar-refractivity contribution < 1.29 is 24.1 Å². The summed E-state index contributed by atoms with van der Waals surface area (Å²) in [5.41, 5.74) is 3.91. The van der Waals surface area contributed by atoms with Crippen LogP contribution in [0.3, 0.4) is 0 Å². The van der Waals surface area contributed by atoms with Crippen LogP contribution in [0.25, 0.3) is 34.3 Å². The monoisotopic (exact) mass is 474 g/mol. The van der Waals surface area contributed by atoms with E-state index in [0.717, 1.165) is 35.1 Å². The number of hydrogen-bond acceptors (Lipinski definition) is 8. The molecule has 35 heavy (non-hydrogen) atoms. The Hall–Kier alpha value is -3.82. The van der Waals surface area contributed by atoms with E-state index in [-0.39, 0.29) is 5.92 Å². The van der Waals surface area contributed by atoms with Crippen LogP contribution in [0, 0.1) is 5.92 Å². The number of carbonyl (C=O) groups is 1. The van der Waals surface area contributed by atoms with Crippen molar-refractivity contribution >= 4 is 5.97 Å². The highest BCUT2D eigenvalue weighted by Crippen LogP contribution is 2.33. The summed E-state index contributed by atoms with van der Waals surface area (Å²) >= 11 is 0. The minimum atomic E-state index is -0.789. The van der Waals surface area contributed by atoms with Crippen LogP contribution in [0.15, 0.2) is 63.6 Å². The van der Waals surface area contributed by atoms with Crippen molar-refractivity contribution in [2.24, 2.45) is 5.92 Å². The van der Waals surface area contributed by atoms with E-state index in [9.17, 15) is 9.90 Å². The molecule has 1 unspecified atom stereocenters. The van der Waals surface area contributed by atoms with E-state index in [1.54, 1.807) is 0 Å². The summed E-state index contributed by atoms with van der Waals surface area (Å²) in [6, 6.07) is 17.1. The van der Waals surface area contributed by atoms with Gasteiger partial charge in [0.2, 0.25) is 5.82 Å². The minimum absolute atomic E-state index is 0.296. The lowest BCUT2D eigenvalue weighted by Crippen LogP contribution is -2.51. The molecule has 9 heteroatoms. The fourth-order valence-electron chi connectivity index (χ4n) is 4.29. The second kappa shape index (κ2) is 9.81. The number of aliphatic hydroxyl groups is 1. The van der Waals surface area contributed by atoms with Gasteiger partial charge in [-0.2, -0.15) is 4.98 Å². The molecule has 1 atom stereocenters. The molecule has 2 aromatic heterocycles. The van der Waals surface area contributed by atoms with Crippen molar-refractivity contribution in [2.75, 3.05) is 19.6 Å². The third kappa shape index (κ3) is 4.73. The Morgan fingerprint density at radius 3 is 2.49 bits per heavy atom. The van der Waals surface area contributed by atoms with Crippen LogP contribution in [-0.4, -0.2) is 56.0 Å². The van der Waals surface area contributed by atoms with Gasteiger partial charge in [0, 0.05) is 36.3 Å². The molecule has 9 nitrogen and oxygen atoms in total. The molecule has 1 aliphatic heterocycles. The maximum atomic E-state index is 10.9. The summed E-state index contributed by atoms with van der Waals surface area (Å²) in [5, 5.41) is 27.9. The third-order valence-corrected chi connectivity index (χ3v) is 6.24. The van der Waals surface area contributed by atoms with Crippen molar-refractivity contribution in [1.82, 2.24) is 20.2 Å². The van der Waals surface area contributed by atoms with E-state index in [0.29, 0.717) is 42.8 Å². The fraction of sp³-hybridized carbons (Fsp3) is 0.308. The standard InChI is InChI=1S/C26H26N4O5/c1-2-6-20-22(28-34-23(20)17-7-4-3-5-8-17)25-27-24(29-35-25)18-11-9-16(10-12-18)21(31)15-30-13-19(14-30)26(32)33/h3-5,7-12,19,21,31H,2,6,13-15H2,1H3,(H,32,33). The quantitative estimate of drug-likeness (QED) is 0.369. The van der Waals surface area contributed by atoms with Crippen LogP contribution in [-0.2, 0) is 11.2 Å². The van der Waals surface area contributed by atoms with Crippen molar-refractivity contribution in [3.8, 4) is 34.3 Å². The summed E-state index contributed by atoms with van der Waals surface area (Å²) in [6.07, 6.45) is 0.966. The maximum absolute atomic E-state index is 10.9. The number of aromatic nitrogens is 3. The minimum Gasteiger partial charge on any atom is -0.481 e. The molecule has 0 amide bonds. The van der Waals surface area contributed by atoms with Crippen LogP contribution in [0.1, 0.15) is 30.6 Å². The largest absolute Gasteiger partial charge is 0.481 e. The van der Waals surface area contributed by atoms with Crippen molar-refractivity contribution in [2.45, 2.75) is 25.9 Å². The first-order valence-corrected chi connectivity index (χ1v) is 11.6. The van der Waals surface area contributed by atoms with Crippen LogP contribution >= 0.6 is 0 Å². The van der Waals surface area contributed by atoms with E-state index in [2.05, 4.69) is 22.2 Å². The number of benzene rings is 2. The first-order chi connectivity index (χ1) is 17.0. The second-order valence-electron chi connectivity index (χ2n) is 8.77.